The summed E-state index contributed by atoms with van der Waals surface area (Å²) in [5, 5.41) is 8.32. The first-order valence-corrected chi connectivity index (χ1v) is 4.35. The second-order valence-corrected chi connectivity index (χ2v) is 2.44. The summed E-state index contributed by atoms with van der Waals surface area (Å²) in [7, 11) is 0. The maximum Gasteiger partial charge on any atom is 0.354 e. The highest BCUT2D eigenvalue weighted by Crippen LogP contribution is 1.90. The maximum absolute atomic E-state index is 10.1. The van der Waals surface area contributed by atoms with Crippen LogP contribution >= 0.6 is 0 Å². The molecule has 0 spiro atoms. The molecule has 0 aromatic carbocycles. The van der Waals surface area contributed by atoms with Crippen LogP contribution in [-0.4, -0.2) is 28.6 Å². The first-order chi connectivity index (χ1) is 7.07. The molecule has 1 aromatic heterocycles. The molecule has 1 rings (SSSR count). The number of aromatic carboxylic acids is 1. The van der Waals surface area contributed by atoms with Crippen LogP contribution in [0.25, 0.3) is 0 Å². The summed E-state index contributed by atoms with van der Waals surface area (Å²) in [5.41, 5.74) is 0.0810. The normalized spacial score (nSPS) is 8.40. The summed E-state index contributed by atoms with van der Waals surface area (Å²) in [6, 6.07) is 4.76. The Hall–Kier alpha value is -1.91. The van der Waals surface area contributed by atoms with Gasteiger partial charge < -0.3 is 9.84 Å². The van der Waals surface area contributed by atoms with Crippen molar-refractivity contribution < 1.29 is 19.4 Å². The van der Waals surface area contributed by atoms with E-state index < -0.39 is 5.97 Å². The van der Waals surface area contributed by atoms with Gasteiger partial charge in [0.25, 0.3) is 0 Å². The van der Waals surface area contributed by atoms with E-state index in [1.807, 2.05) is 0 Å². The largest absolute Gasteiger partial charge is 0.477 e. The van der Waals surface area contributed by atoms with E-state index in [1.54, 1.807) is 19.1 Å². The lowest BCUT2D eigenvalue weighted by Gasteiger charge is -1.89. The molecule has 0 atom stereocenters. The lowest BCUT2D eigenvalue weighted by Crippen LogP contribution is -1.97. The minimum Gasteiger partial charge on any atom is -0.477 e. The van der Waals surface area contributed by atoms with Gasteiger partial charge in [0.2, 0.25) is 0 Å². The van der Waals surface area contributed by atoms with Crippen LogP contribution in [0.15, 0.2) is 24.4 Å². The summed E-state index contributed by atoms with van der Waals surface area (Å²) >= 11 is 0. The number of ether oxygens (including phenoxy) is 1. The number of aromatic nitrogens is 1. The first-order valence-electron chi connectivity index (χ1n) is 4.35. The van der Waals surface area contributed by atoms with Gasteiger partial charge in [0.1, 0.15) is 5.69 Å². The number of hydrogen-bond donors (Lipinski definition) is 1. The second kappa shape index (κ2) is 7.49. The number of carboxylic acids is 1. The molecule has 0 saturated carbocycles. The summed E-state index contributed by atoms with van der Waals surface area (Å²) < 4.78 is 4.40. The molecule has 0 unspecified atom stereocenters. The quantitative estimate of drug-likeness (QED) is 0.747. The fourth-order valence-corrected chi connectivity index (χ4v) is 0.693. The number of carbonyl (C=O) groups is 2. The molecule has 0 saturated heterocycles. The van der Waals surface area contributed by atoms with Gasteiger partial charge in [-0.3, -0.25) is 4.79 Å². The van der Waals surface area contributed by atoms with Gasteiger partial charge in [0, 0.05) is 13.1 Å². The van der Waals surface area contributed by atoms with Gasteiger partial charge in [-0.15, -0.1) is 0 Å². The minimum atomic E-state index is -0.990. The number of hydrogen-bond acceptors (Lipinski definition) is 4. The zero-order chi connectivity index (χ0) is 11.7. The standard InChI is InChI=1S/C6H5NO2.C4H8O2/c8-6(9)5-3-1-2-4-7-5;1-3-6-4(2)5/h1-4H,(H,8,9);3H2,1-2H3. The third-order valence-corrected chi connectivity index (χ3v) is 1.23. The monoisotopic (exact) mass is 211 g/mol. The fraction of sp³-hybridized carbons (Fsp3) is 0.300. The summed E-state index contributed by atoms with van der Waals surface area (Å²) in [4.78, 5) is 23.5. The van der Waals surface area contributed by atoms with Crippen molar-refractivity contribution in [2.75, 3.05) is 6.61 Å². The highest BCUT2D eigenvalue weighted by Gasteiger charge is 1.98. The van der Waals surface area contributed by atoms with Crippen LogP contribution in [0.4, 0.5) is 0 Å². The van der Waals surface area contributed by atoms with E-state index in [1.165, 1.54) is 19.2 Å². The topological polar surface area (TPSA) is 76.5 Å². The van der Waals surface area contributed by atoms with Gasteiger partial charge in [-0.25, -0.2) is 9.78 Å². The van der Waals surface area contributed by atoms with Gasteiger partial charge >= 0.3 is 11.9 Å². The molecule has 0 amide bonds. The number of rotatable bonds is 2. The lowest BCUT2D eigenvalue weighted by atomic mass is 10.4. The Morgan fingerprint density at radius 1 is 1.47 bits per heavy atom. The highest BCUT2D eigenvalue weighted by atomic mass is 16.5. The average molecular weight is 211 g/mol. The van der Waals surface area contributed by atoms with Crippen LogP contribution in [-0.2, 0) is 9.53 Å². The van der Waals surface area contributed by atoms with Crippen molar-refractivity contribution in [1.82, 2.24) is 4.98 Å². The summed E-state index contributed by atoms with van der Waals surface area (Å²) in [6.07, 6.45) is 1.45. The predicted molar refractivity (Wildman–Crippen MR) is 53.5 cm³/mol. The van der Waals surface area contributed by atoms with Gasteiger partial charge in [0.15, 0.2) is 0 Å². The van der Waals surface area contributed by atoms with Gasteiger partial charge in [-0.1, -0.05) is 6.07 Å². The van der Waals surface area contributed by atoms with E-state index in [9.17, 15) is 9.59 Å². The Bertz CT molecular complexity index is 310. The van der Waals surface area contributed by atoms with Crippen molar-refractivity contribution in [3.8, 4) is 0 Å². The van der Waals surface area contributed by atoms with Crippen molar-refractivity contribution in [2.24, 2.45) is 0 Å². The van der Waals surface area contributed by atoms with E-state index in [0.29, 0.717) is 6.61 Å². The maximum atomic E-state index is 10.1. The predicted octanol–water partition coefficient (Wildman–Crippen LogP) is 1.35. The van der Waals surface area contributed by atoms with Crippen molar-refractivity contribution in [3.05, 3.63) is 30.1 Å². The molecule has 0 aliphatic carbocycles. The highest BCUT2D eigenvalue weighted by molar-refractivity contribution is 5.85. The smallest absolute Gasteiger partial charge is 0.354 e. The molecule has 1 N–H and O–H groups in total. The Morgan fingerprint density at radius 2 is 2.13 bits per heavy atom. The molecule has 1 heterocycles. The van der Waals surface area contributed by atoms with Crippen molar-refractivity contribution >= 4 is 11.9 Å². The van der Waals surface area contributed by atoms with E-state index in [4.69, 9.17) is 5.11 Å². The molecule has 0 radical (unpaired) electrons. The summed E-state index contributed by atoms with van der Waals surface area (Å²) in [6.45, 7) is 3.65. The van der Waals surface area contributed by atoms with E-state index in [0.717, 1.165) is 0 Å². The number of esters is 1. The molecule has 82 valence electrons. The number of carboxylic acid groups (broad SMARTS) is 1. The van der Waals surface area contributed by atoms with E-state index in [-0.39, 0.29) is 11.7 Å². The average Bonchev–Trinajstić information content (AvgIpc) is 2.20. The molecule has 0 fully saturated rings. The number of pyridine rings is 1. The molecular weight excluding hydrogens is 198 g/mol. The Kier molecular flexibility index (Phi) is 6.54. The SMILES string of the molecule is CCOC(C)=O.O=C(O)c1ccccn1. The van der Waals surface area contributed by atoms with Gasteiger partial charge in [-0.2, -0.15) is 0 Å². The Balaban J connectivity index is 0.000000288. The first kappa shape index (κ1) is 13.1. The number of nitrogens with zero attached hydrogens (tertiary/aromatic N) is 1. The summed E-state index contributed by atoms with van der Waals surface area (Å²) in [5.74, 6) is -1.20. The molecule has 5 nitrogen and oxygen atoms in total. The molecular formula is C10H13NO4. The lowest BCUT2D eigenvalue weighted by molar-refractivity contribution is -0.140. The van der Waals surface area contributed by atoms with Crippen LogP contribution in [0, 0.1) is 0 Å². The molecule has 0 aliphatic rings. The molecule has 0 aliphatic heterocycles. The molecule has 0 bridgehead atoms. The molecule has 15 heavy (non-hydrogen) atoms. The minimum absolute atomic E-state index is 0.0810. The van der Waals surface area contributed by atoms with Crippen molar-refractivity contribution in [1.29, 1.82) is 0 Å². The zero-order valence-corrected chi connectivity index (χ0v) is 8.64. The van der Waals surface area contributed by atoms with Crippen molar-refractivity contribution in [3.63, 3.8) is 0 Å². The van der Waals surface area contributed by atoms with Crippen LogP contribution in [0.2, 0.25) is 0 Å². The third-order valence-electron chi connectivity index (χ3n) is 1.23. The second-order valence-electron chi connectivity index (χ2n) is 2.44. The van der Waals surface area contributed by atoms with Crippen molar-refractivity contribution in [2.45, 2.75) is 13.8 Å². The number of carbonyl (C=O) groups excluding carboxylic acids is 1. The van der Waals surface area contributed by atoms with Crippen LogP contribution < -0.4 is 0 Å². The zero-order valence-electron chi connectivity index (χ0n) is 8.64. The van der Waals surface area contributed by atoms with E-state index >= 15 is 0 Å². The van der Waals surface area contributed by atoms with Crippen LogP contribution in [0.3, 0.4) is 0 Å². The molecule has 5 heteroatoms. The van der Waals surface area contributed by atoms with Crippen LogP contribution in [0.1, 0.15) is 24.3 Å². The fourth-order valence-electron chi connectivity index (χ4n) is 0.693. The third kappa shape index (κ3) is 7.18. The van der Waals surface area contributed by atoms with E-state index in [2.05, 4.69) is 9.72 Å². The Morgan fingerprint density at radius 3 is 2.33 bits per heavy atom. The van der Waals surface area contributed by atoms with Gasteiger partial charge in [0.05, 0.1) is 6.61 Å². The molecule has 1 aromatic rings. The van der Waals surface area contributed by atoms with Gasteiger partial charge in [-0.05, 0) is 19.1 Å². The van der Waals surface area contributed by atoms with Crippen LogP contribution in [0.5, 0.6) is 0 Å². The Labute approximate surface area is 87.7 Å².